The second-order valence-corrected chi connectivity index (χ2v) is 7.66. The number of nitrogens with zero attached hydrogens (tertiary/aromatic N) is 3. The standard InChI is InChI=1S/C24H24FN3O/c1-16-7-5-8-18(13-16)21-14-26-17(2)27-23(21)19-9-6-12-28(15-19)24(29)20-10-3-4-11-22(20)25/h3-5,7-8,10-11,13-14,19H,6,9,12,15H2,1-2H3/t19-/m0/s1. The average Bonchev–Trinajstić information content (AvgIpc) is 2.73. The number of rotatable bonds is 3. The van der Waals surface area contributed by atoms with E-state index >= 15 is 0 Å². The number of benzene rings is 2. The van der Waals surface area contributed by atoms with Crippen LogP contribution in [0.4, 0.5) is 4.39 Å². The van der Waals surface area contributed by atoms with Crippen LogP contribution in [0.15, 0.2) is 54.7 Å². The molecule has 1 amide bonds. The van der Waals surface area contributed by atoms with E-state index in [1.165, 1.54) is 11.6 Å². The summed E-state index contributed by atoms with van der Waals surface area (Å²) in [6, 6.07) is 14.5. The molecule has 0 saturated carbocycles. The molecule has 2 heterocycles. The van der Waals surface area contributed by atoms with Gasteiger partial charge in [-0.15, -0.1) is 0 Å². The van der Waals surface area contributed by atoms with Gasteiger partial charge in [0.25, 0.3) is 5.91 Å². The second-order valence-electron chi connectivity index (χ2n) is 7.66. The van der Waals surface area contributed by atoms with Gasteiger partial charge in [0.1, 0.15) is 11.6 Å². The maximum absolute atomic E-state index is 14.1. The van der Waals surface area contributed by atoms with Gasteiger partial charge in [0.2, 0.25) is 0 Å². The lowest BCUT2D eigenvalue weighted by Crippen LogP contribution is -2.39. The summed E-state index contributed by atoms with van der Waals surface area (Å²) >= 11 is 0. The topological polar surface area (TPSA) is 46.1 Å². The molecule has 1 fully saturated rings. The van der Waals surface area contributed by atoms with Crippen LogP contribution < -0.4 is 0 Å². The highest BCUT2D eigenvalue weighted by Crippen LogP contribution is 2.33. The van der Waals surface area contributed by atoms with Crippen LogP contribution >= 0.6 is 0 Å². The summed E-state index contributed by atoms with van der Waals surface area (Å²) in [4.78, 5) is 23.8. The van der Waals surface area contributed by atoms with Crippen LogP contribution in [0.1, 0.15) is 46.2 Å². The molecule has 0 N–H and O–H groups in total. The summed E-state index contributed by atoms with van der Waals surface area (Å²) in [7, 11) is 0. The number of hydrogen-bond donors (Lipinski definition) is 0. The zero-order valence-electron chi connectivity index (χ0n) is 16.7. The number of aryl methyl sites for hydroxylation is 2. The van der Waals surface area contributed by atoms with Gasteiger partial charge in [-0.1, -0.05) is 42.0 Å². The molecule has 1 saturated heterocycles. The van der Waals surface area contributed by atoms with Crippen molar-refractivity contribution < 1.29 is 9.18 Å². The smallest absolute Gasteiger partial charge is 0.256 e. The predicted octanol–water partition coefficient (Wildman–Crippen LogP) is 4.92. The van der Waals surface area contributed by atoms with E-state index in [0.29, 0.717) is 18.9 Å². The van der Waals surface area contributed by atoms with Crippen LogP contribution in [0.25, 0.3) is 11.1 Å². The van der Waals surface area contributed by atoms with Crippen molar-refractivity contribution in [1.82, 2.24) is 14.9 Å². The fraction of sp³-hybridized carbons (Fsp3) is 0.292. The first-order valence-corrected chi connectivity index (χ1v) is 9.97. The highest BCUT2D eigenvalue weighted by Gasteiger charge is 2.29. The molecule has 4 nitrogen and oxygen atoms in total. The maximum Gasteiger partial charge on any atom is 0.256 e. The first-order chi connectivity index (χ1) is 14.0. The number of hydrogen-bond acceptors (Lipinski definition) is 3. The van der Waals surface area contributed by atoms with E-state index in [9.17, 15) is 9.18 Å². The number of piperidine rings is 1. The molecule has 0 bridgehead atoms. The van der Waals surface area contributed by atoms with Gasteiger partial charge in [0.05, 0.1) is 11.3 Å². The van der Waals surface area contributed by atoms with Gasteiger partial charge in [-0.3, -0.25) is 4.79 Å². The third-order valence-electron chi connectivity index (χ3n) is 5.47. The lowest BCUT2D eigenvalue weighted by atomic mass is 9.89. The SMILES string of the molecule is Cc1cccc(-c2cnc(C)nc2[C@H]2CCCN(C(=O)c3ccccc3F)C2)c1. The van der Waals surface area contributed by atoms with E-state index in [1.807, 2.05) is 19.2 Å². The van der Waals surface area contributed by atoms with Crippen molar-refractivity contribution in [2.24, 2.45) is 0 Å². The minimum absolute atomic E-state index is 0.0942. The summed E-state index contributed by atoms with van der Waals surface area (Å²) < 4.78 is 14.1. The normalized spacial score (nSPS) is 16.7. The molecule has 29 heavy (non-hydrogen) atoms. The Labute approximate surface area is 170 Å². The Morgan fingerprint density at radius 2 is 1.97 bits per heavy atom. The van der Waals surface area contributed by atoms with Gasteiger partial charge < -0.3 is 4.90 Å². The molecule has 3 aromatic rings. The molecule has 5 heteroatoms. The van der Waals surface area contributed by atoms with Crippen LogP contribution in [0.2, 0.25) is 0 Å². The second kappa shape index (κ2) is 8.11. The van der Waals surface area contributed by atoms with Gasteiger partial charge in [0.15, 0.2) is 0 Å². The van der Waals surface area contributed by atoms with E-state index in [-0.39, 0.29) is 17.4 Å². The fourth-order valence-electron chi connectivity index (χ4n) is 4.02. The van der Waals surface area contributed by atoms with E-state index in [0.717, 1.165) is 29.7 Å². The maximum atomic E-state index is 14.1. The van der Waals surface area contributed by atoms with Crippen molar-refractivity contribution in [2.45, 2.75) is 32.6 Å². The summed E-state index contributed by atoms with van der Waals surface area (Å²) in [5.41, 5.74) is 4.36. The number of aromatic nitrogens is 2. The summed E-state index contributed by atoms with van der Waals surface area (Å²) in [6.07, 6.45) is 3.68. The van der Waals surface area contributed by atoms with Crippen LogP contribution in [-0.4, -0.2) is 33.9 Å². The monoisotopic (exact) mass is 389 g/mol. The van der Waals surface area contributed by atoms with Gasteiger partial charge >= 0.3 is 0 Å². The Bertz CT molecular complexity index is 1050. The lowest BCUT2D eigenvalue weighted by molar-refractivity contribution is 0.0701. The highest BCUT2D eigenvalue weighted by atomic mass is 19.1. The molecule has 148 valence electrons. The molecule has 0 radical (unpaired) electrons. The number of halogens is 1. The van der Waals surface area contributed by atoms with Crippen molar-refractivity contribution in [2.75, 3.05) is 13.1 Å². The van der Waals surface area contributed by atoms with Crippen molar-refractivity contribution in [3.05, 3.63) is 83.2 Å². The van der Waals surface area contributed by atoms with Crippen LogP contribution in [0.5, 0.6) is 0 Å². The molecule has 2 aromatic carbocycles. The van der Waals surface area contributed by atoms with Gasteiger partial charge in [-0.25, -0.2) is 14.4 Å². The molecular weight excluding hydrogens is 365 g/mol. The number of amides is 1. The molecule has 1 aliphatic heterocycles. The van der Waals surface area contributed by atoms with Crippen LogP contribution in [-0.2, 0) is 0 Å². The molecule has 1 aliphatic rings. The minimum Gasteiger partial charge on any atom is -0.338 e. The Hall–Kier alpha value is -3.08. The predicted molar refractivity (Wildman–Crippen MR) is 111 cm³/mol. The van der Waals surface area contributed by atoms with Crippen LogP contribution in [0, 0.1) is 19.7 Å². The molecule has 0 unspecified atom stereocenters. The van der Waals surface area contributed by atoms with E-state index in [4.69, 9.17) is 4.98 Å². The quantitative estimate of drug-likeness (QED) is 0.639. The molecule has 1 atom stereocenters. The minimum atomic E-state index is -0.474. The first-order valence-electron chi connectivity index (χ1n) is 9.97. The highest BCUT2D eigenvalue weighted by molar-refractivity contribution is 5.94. The van der Waals surface area contributed by atoms with Gasteiger partial charge in [-0.05, 0) is 44.4 Å². The first kappa shape index (κ1) is 19.2. The van der Waals surface area contributed by atoms with Crippen LogP contribution in [0.3, 0.4) is 0 Å². The van der Waals surface area contributed by atoms with E-state index in [2.05, 4.69) is 30.1 Å². The zero-order valence-corrected chi connectivity index (χ0v) is 16.7. The third-order valence-corrected chi connectivity index (χ3v) is 5.47. The number of carbonyl (C=O) groups is 1. The molecule has 0 spiro atoms. The molecule has 0 aliphatic carbocycles. The molecular formula is C24H24FN3O. The van der Waals surface area contributed by atoms with Crippen molar-refractivity contribution in [1.29, 1.82) is 0 Å². The average molecular weight is 389 g/mol. The van der Waals surface area contributed by atoms with E-state index in [1.54, 1.807) is 23.1 Å². The summed E-state index contributed by atoms with van der Waals surface area (Å²) in [5, 5.41) is 0. The van der Waals surface area contributed by atoms with E-state index < -0.39 is 5.82 Å². The zero-order chi connectivity index (χ0) is 20.4. The molecule has 4 rings (SSSR count). The Morgan fingerprint density at radius 1 is 1.14 bits per heavy atom. The van der Waals surface area contributed by atoms with Gasteiger partial charge in [0, 0.05) is 30.8 Å². The summed E-state index contributed by atoms with van der Waals surface area (Å²) in [5.74, 6) is 0.0827. The largest absolute Gasteiger partial charge is 0.338 e. The Morgan fingerprint density at radius 3 is 2.76 bits per heavy atom. The lowest BCUT2D eigenvalue weighted by Gasteiger charge is -2.33. The fourth-order valence-corrected chi connectivity index (χ4v) is 4.02. The third kappa shape index (κ3) is 4.04. The Balaban J connectivity index is 1.66. The van der Waals surface area contributed by atoms with Crippen molar-refractivity contribution in [3.8, 4) is 11.1 Å². The van der Waals surface area contributed by atoms with Gasteiger partial charge in [-0.2, -0.15) is 0 Å². The number of carbonyl (C=O) groups excluding carboxylic acids is 1. The summed E-state index contributed by atoms with van der Waals surface area (Å²) in [6.45, 7) is 5.11. The number of likely N-dealkylation sites (tertiary alicyclic amines) is 1. The molecule has 1 aromatic heterocycles. The van der Waals surface area contributed by atoms with Crippen molar-refractivity contribution >= 4 is 5.91 Å². The Kier molecular flexibility index (Phi) is 5.38. The van der Waals surface area contributed by atoms with Crippen molar-refractivity contribution in [3.63, 3.8) is 0 Å².